The van der Waals surface area contributed by atoms with Crippen LogP contribution in [0.2, 0.25) is 0 Å². The summed E-state index contributed by atoms with van der Waals surface area (Å²) >= 11 is 3.15. The number of esters is 1. The molecule has 10 nitrogen and oxygen atoms in total. The highest BCUT2D eigenvalue weighted by atomic mass is 79.9. The van der Waals surface area contributed by atoms with Crippen LogP contribution in [0.4, 0.5) is 0 Å². The molecule has 2 N–H and O–H groups in total. The number of halogens is 1. The molecular formula is C12H7BrN8O2. The second-order valence-electron chi connectivity index (χ2n) is 4.38. The summed E-state index contributed by atoms with van der Waals surface area (Å²) in [7, 11) is 0. The number of ether oxygens (including phenoxy) is 1. The van der Waals surface area contributed by atoms with Crippen LogP contribution in [0.3, 0.4) is 0 Å². The number of aromatic amines is 2. The van der Waals surface area contributed by atoms with Crippen molar-refractivity contribution in [3.05, 3.63) is 41.3 Å². The van der Waals surface area contributed by atoms with E-state index in [1.807, 2.05) is 0 Å². The maximum absolute atomic E-state index is 12.1. The molecule has 0 aliphatic heterocycles. The van der Waals surface area contributed by atoms with Crippen molar-refractivity contribution < 1.29 is 9.53 Å². The quantitative estimate of drug-likeness (QED) is 0.516. The van der Waals surface area contributed by atoms with E-state index in [0.717, 1.165) is 0 Å². The Kier molecular flexibility index (Phi) is 3.12. The van der Waals surface area contributed by atoms with Crippen LogP contribution in [-0.2, 0) is 0 Å². The number of aromatic nitrogens is 8. The van der Waals surface area contributed by atoms with Gasteiger partial charge < -0.3 is 9.72 Å². The lowest BCUT2D eigenvalue weighted by Crippen LogP contribution is -2.11. The molecule has 4 aromatic heterocycles. The van der Waals surface area contributed by atoms with Crippen LogP contribution in [0.15, 0.2) is 35.6 Å². The molecule has 0 unspecified atom stereocenters. The van der Waals surface area contributed by atoms with Gasteiger partial charge in [0.2, 0.25) is 17.5 Å². The minimum absolute atomic E-state index is 0.139. The zero-order valence-corrected chi connectivity index (χ0v) is 12.9. The summed E-state index contributed by atoms with van der Waals surface area (Å²) in [5.74, 6) is 0.663. The Hall–Kier alpha value is -3.08. The van der Waals surface area contributed by atoms with E-state index in [4.69, 9.17) is 4.74 Å². The van der Waals surface area contributed by atoms with Gasteiger partial charge in [-0.2, -0.15) is 4.98 Å². The summed E-state index contributed by atoms with van der Waals surface area (Å²) in [5.41, 5.74) is 0.139. The highest BCUT2D eigenvalue weighted by Gasteiger charge is 2.15. The zero-order valence-electron chi connectivity index (χ0n) is 11.3. The van der Waals surface area contributed by atoms with E-state index in [-0.39, 0.29) is 11.6 Å². The summed E-state index contributed by atoms with van der Waals surface area (Å²) in [6.07, 6.45) is 6.36. The monoisotopic (exact) mass is 374 g/mol. The van der Waals surface area contributed by atoms with Crippen molar-refractivity contribution in [1.82, 2.24) is 39.5 Å². The molecule has 4 heterocycles. The van der Waals surface area contributed by atoms with Crippen molar-refractivity contribution in [3.8, 4) is 17.5 Å². The maximum Gasteiger partial charge on any atom is 0.363 e. The van der Waals surface area contributed by atoms with Gasteiger partial charge in [-0.25, -0.2) is 19.7 Å². The van der Waals surface area contributed by atoms with Gasteiger partial charge in [-0.15, -0.1) is 5.10 Å². The number of carbonyl (C=O) groups is 1. The molecule has 0 amide bonds. The molecule has 0 saturated heterocycles. The van der Waals surface area contributed by atoms with E-state index in [0.29, 0.717) is 22.2 Å². The largest absolute Gasteiger partial charge is 0.403 e. The van der Waals surface area contributed by atoms with Gasteiger partial charge in [-0.1, -0.05) is 0 Å². The average molecular weight is 375 g/mol. The molecule has 0 aromatic carbocycles. The normalized spacial score (nSPS) is 11.0. The number of rotatable bonds is 3. The lowest BCUT2D eigenvalue weighted by Gasteiger charge is -2.01. The number of nitrogens with zero attached hydrogens (tertiary/aromatic N) is 6. The van der Waals surface area contributed by atoms with Crippen LogP contribution in [0.5, 0.6) is 5.88 Å². The van der Waals surface area contributed by atoms with E-state index >= 15 is 0 Å². The third-order valence-electron chi connectivity index (χ3n) is 2.90. The summed E-state index contributed by atoms with van der Waals surface area (Å²) in [4.78, 5) is 31.1. The number of imidazole rings is 2. The van der Waals surface area contributed by atoms with Crippen molar-refractivity contribution in [2.75, 3.05) is 0 Å². The van der Waals surface area contributed by atoms with Crippen LogP contribution < -0.4 is 4.74 Å². The van der Waals surface area contributed by atoms with Crippen LogP contribution in [0.1, 0.15) is 10.5 Å². The van der Waals surface area contributed by atoms with Crippen molar-refractivity contribution in [1.29, 1.82) is 0 Å². The summed E-state index contributed by atoms with van der Waals surface area (Å²) in [5, 5.41) is 6.55. The number of H-pyrrole nitrogens is 2. The van der Waals surface area contributed by atoms with E-state index < -0.39 is 5.97 Å². The predicted octanol–water partition coefficient (Wildman–Crippen LogP) is 1.22. The van der Waals surface area contributed by atoms with E-state index in [2.05, 4.69) is 51.0 Å². The van der Waals surface area contributed by atoms with Crippen molar-refractivity contribution in [3.63, 3.8) is 0 Å². The van der Waals surface area contributed by atoms with Gasteiger partial charge in [0, 0.05) is 18.6 Å². The first kappa shape index (κ1) is 13.6. The van der Waals surface area contributed by atoms with Crippen molar-refractivity contribution in [2.24, 2.45) is 0 Å². The SMILES string of the molecule is O=C(Oc1cnc(-c2n[nH]c(Br)n2)[nH]1)c1ccn2ccnc2n1. The fraction of sp³-hybridized carbons (Fsp3) is 0. The smallest absolute Gasteiger partial charge is 0.363 e. The molecule has 0 aliphatic carbocycles. The molecule has 0 saturated carbocycles. The molecule has 0 bridgehead atoms. The number of carbonyl (C=O) groups excluding carboxylic acids is 1. The first-order valence-electron chi connectivity index (χ1n) is 6.34. The molecule has 23 heavy (non-hydrogen) atoms. The van der Waals surface area contributed by atoms with Crippen LogP contribution in [0.25, 0.3) is 17.4 Å². The standard InChI is InChI=1S/C12H7BrN8O2/c13-11-18-9(19-20-11)8-15-5-7(17-8)23-10(22)6-1-3-21-4-2-14-12(21)16-6/h1-5H,(H,15,17)(H,18,19,20). The van der Waals surface area contributed by atoms with E-state index in [9.17, 15) is 4.79 Å². The van der Waals surface area contributed by atoms with Gasteiger partial charge in [-0.05, 0) is 22.0 Å². The van der Waals surface area contributed by atoms with Crippen LogP contribution >= 0.6 is 15.9 Å². The lowest BCUT2D eigenvalue weighted by molar-refractivity contribution is 0.0722. The topological polar surface area (TPSA) is 127 Å². The minimum atomic E-state index is -0.623. The Bertz CT molecular complexity index is 1000. The molecule has 0 fully saturated rings. The third kappa shape index (κ3) is 2.57. The molecule has 0 atom stereocenters. The van der Waals surface area contributed by atoms with Crippen LogP contribution in [-0.4, -0.2) is 45.5 Å². The predicted molar refractivity (Wildman–Crippen MR) is 79.6 cm³/mol. The average Bonchev–Trinajstić information content (AvgIpc) is 3.26. The van der Waals surface area contributed by atoms with Gasteiger partial charge >= 0.3 is 5.97 Å². The second kappa shape index (κ2) is 5.28. The lowest BCUT2D eigenvalue weighted by atomic mass is 10.4. The molecule has 0 spiro atoms. The molecule has 114 valence electrons. The Morgan fingerprint density at radius 2 is 2.17 bits per heavy atom. The van der Waals surface area contributed by atoms with Gasteiger partial charge in [-0.3, -0.25) is 9.50 Å². The Morgan fingerprint density at radius 1 is 1.26 bits per heavy atom. The molecule has 0 aliphatic rings. The number of hydrogen-bond donors (Lipinski definition) is 2. The summed E-state index contributed by atoms with van der Waals surface area (Å²) < 4.78 is 7.36. The highest BCUT2D eigenvalue weighted by Crippen LogP contribution is 2.17. The Labute approximate surface area is 136 Å². The fourth-order valence-electron chi connectivity index (χ4n) is 1.89. The van der Waals surface area contributed by atoms with Crippen LogP contribution in [0, 0.1) is 0 Å². The summed E-state index contributed by atoms with van der Waals surface area (Å²) in [6.45, 7) is 0. The van der Waals surface area contributed by atoms with Crippen molar-refractivity contribution >= 4 is 27.7 Å². The van der Waals surface area contributed by atoms with E-state index in [1.54, 1.807) is 29.1 Å². The molecule has 4 rings (SSSR count). The number of nitrogens with one attached hydrogen (secondary N) is 2. The number of hydrogen-bond acceptors (Lipinski definition) is 7. The summed E-state index contributed by atoms with van der Waals surface area (Å²) in [6, 6.07) is 1.54. The van der Waals surface area contributed by atoms with Gasteiger partial charge in [0.1, 0.15) is 0 Å². The number of fused-ring (bicyclic) bond motifs is 1. The first-order valence-corrected chi connectivity index (χ1v) is 7.13. The molecule has 0 radical (unpaired) electrons. The van der Waals surface area contributed by atoms with Gasteiger partial charge in [0.15, 0.2) is 16.3 Å². The second-order valence-corrected chi connectivity index (χ2v) is 5.13. The Morgan fingerprint density at radius 3 is 3.00 bits per heavy atom. The van der Waals surface area contributed by atoms with Gasteiger partial charge in [0.05, 0.1) is 6.20 Å². The van der Waals surface area contributed by atoms with Crippen molar-refractivity contribution in [2.45, 2.75) is 0 Å². The zero-order chi connectivity index (χ0) is 15.8. The fourth-order valence-corrected chi connectivity index (χ4v) is 2.14. The Balaban J connectivity index is 1.55. The highest BCUT2D eigenvalue weighted by molar-refractivity contribution is 9.10. The molecule has 11 heteroatoms. The molecule has 4 aromatic rings. The minimum Gasteiger partial charge on any atom is -0.403 e. The maximum atomic E-state index is 12.1. The third-order valence-corrected chi connectivity index (χ3v) is 3.25. The first-order chi connectivity index (χ1) is 11.2. The molecular weight excluding hydrogens is 368 g/mol. The van der Waals surface area contributed by atoms with Gasteiger partial charge in [0.25, 0.3) is 0 Å². The van der Waals surface area contributed by atoms with E-state index in [1.165, 1.54) is 6.20 Å².